The molecular weight excluding hydrogens is 607 g/mol. The van der Waals surface area contributed by atoms with E-state index in [1.165, 1.54) is 0 Å². The zero-order valence-electron chi connectivity index (χ0n) is 28.2. The molecule has 13 heteroatoms. The highest BCUT2D eigenvalue weighted by Crippen LogP contribution is 2.41. The third kappa shape index (κ3) is 7.98. The smallest absolute Gasteiger partial charge is 0.410 e. The fourth-order valence-corrected chi connectivity index (χ4v) is 6.67. The molecule has 2 aliphatic rings. The molecule has 4 atom stereocenters. The van der Waals surface area contributed by atoms with Crippen LogP contribution in [0.5, 0.6) is 17.5 Å². The van der Waals surface area contributed by atoms with Gasteiger partial charge in [-0.25, -0.2) is 14.2 Å². The van der Waals surface area contributed by atoms with E-state index in [2.05, 4.69) is 34.8 Å². The Labute approximate surface area is 272 Å². The summed E-state index contributed by atoms with van der Waals surface area (Å²) in [5.74, 6) is 1.64. The van der Waals surface area contributed by atoms with E-state index < -0.39 is 38.0 Å². The van der Waals surface area contributed by atoms with Crippen LogP contribution in [0.25, 0.3) is 11.3 Å². The van der Waals surface area contributed by atoms with Crippen LogP contribution >= 0.6 is 0 Å². The first-order valence-corrected chi connectivity index (χ1v) is 19.6. The van der Waals surface area contributed by atoms with Gasteiger partial charge in [-0.2, -0.15) is 0 Å². The van der Waals surface area contributed by atoms with Gasteiger partial charge in [0.25, 0.3) is 0 Å². The number of ether oxygens (including phenoxy) is 4. The summed E-state index contributed by atoms with van der Waals surface area (Å²) in [7, 11) is 2.46. The summed E-state index contributed by atoms with van der Waals surface area (Å²) < 4.78 is 41.2. The Bertz CT molecular complexity index is 1490. The first kappa shape index (κ1) is 33.6. The molecule has 1 amide bonds. The number of fused-ring (bicyclic) bond motifs is 2. The van der Waals surface area contributed by atoms with Crippen molar-refractivity contribution in [3.8, 4) is 28.8 Å². The monoisotopic (exact) mass is 654 g/mol. The number of piperidine rings is 1. The van der Waals surface area contributed by atoms with Crippen molar-refractivity contribution in [2.24, 2.45) is 7.05 Å². The van der Waals surface area contributed by atoms with Gasteiger partial charge in [0.15, 0.2) is 12.6 Å². The lowest BCUT2D eigenvalue weighted by Crippen LogP contribution is -2.59. The number of halogens is 1. The largest absolute Gasteiger partial charge is 0.467 e. The highest BCUT2D eigenvalue weighted by atomic mass is 28.3. The lowest BCUT2D eigenvalue weighted by molar-refractivity contribution is -0.0104. The number of rotatable bonds is 11. The fourth-order valence-electron chi connectivity index (χ4n) is 5.91. The Balaban J connectivity index is 1.30. The summed E-state index contributed by atoms with van der Waals surface area (Å²) in [4.78, 5) is 20.6. The number of hydrogen-bond acceptors (Lipinski definition) is 9. The van der Waals surface area contributed by atoms with E-state index in [-0.39, 0.29) is 12.8 Å². The molecule has 0 saturated carbocycles. The van der Waals surface area contributed by atoms with Gasteiger partial charge in [-0.15, -0.1) is 10.2 Å². The Hall–Kier alpha value is -3.71. The molecule has 0 aliphatic carbocycles. The summed E-state index contributed by atoms with van der Waals surface area (Å²) in [6.07, 6.45) is 3.65. The van der Waals surface area contributed by atoms with Crippen LogP contribution < -0.4 is 14.4 Å². The number of imidazole rings is 1. The second-order valence-electron chi connectivity index (χ2n) is 14.4. The molecule has 3 aromatic rings. The number of alkyl halides is 1. The first-order valence-electron chi connectivity index (χ1n) is 15.9. The van der Waals surface area contributed by atoms with Crippen molar-refractivity contribution in [3.63, 3.8) is 0 Å². The standard InChI is InChI=1S/C33H47FN6O5Si/c1-33(2,3)45-32(41)40-22-9-13-26(40)30(34)27(19-22)39(5)29-14-12-25(36-37-29)24-11-10-23(44-31-35-15-16-38(31)4)20-28(24)43-21-42-17-18-46(6,7)8/h10-12,14-16,20,22,26-27,30H,9,13,17-19,21H2,1-8H3/t22-,26-,27-,30+/m0/s1. The SMILES string of the molecule is CN(c1ccc(-c2ccc(Oc3nccn3C)cc2OCOCC[Si](C)(C)C)nn1)[C@H]1C[C@@H]2CC[C@@H]([C@H]1F)N2C(=O)OC(C)(C)C. The zero-order chi connectivity index (χ0) is 33.2. The lowest BCUT2D eigenvalue weighted by Gasteiger charge is -2.44. The second kappa shape index (κ2) is 13.6. The van der Waals surface area contributed by atoms with E-state index in [0.717, 1.165) is 18.0 Å². The Kier molecular flexibility index (Phi) is 9.92. The normalized spacial score (nSPS) is 21.3. The number of carbonyl (C=O) groups excluding carboxylic acids is 1. The highest BCUT2D eigenvalue weighted by Gasteiger charge is 2.52. The summed E-state index contributed by atoms with van der Waals surface area (Å²) in [5, 5.41) is 9.00. The molecule has 4 heterocycles. The number of hydrogen-bond donors (Lipinski definition) is 0. The minimum atomic E-state index is -1.25. The van der Waals surface area contributed by atoms with E-state index in [9.17, 15) is 4.79 Å². The number of carbonyl (C=O) groups is 1. The maximum Gasteiger partial charge on any atom is 0.410 e. The number of aryl methyl sites for hydroxylation is 1. The lowest BCUT2D eigenvalue weighted by atomic mass is 9.94. The van der Waals surface area contributed by atoms with Crippen molar-refractivity contribution in [1.82, 2.24) is 24.6 Å². The van der Waals surface area contributed by atoms with Gasteiger partial charge in [-0.05, 0) is 70.3 Å². The van der Waals surface area contributed by atoms with Crippen molar-refractivity contribution < 1.29 is 28.1 Å². The molecule has 2 aromatic heterocycles. The molecule has 5 rings (SSSR count). The van der Waals surface area contributed by atoms with Gasteiger partial charge in [-0.3, -0.25) is 4.90 Å². The molecule has 2 aliphatic heterocycles. The van der Waals surface area contributed by atoms with Crippen LogP contribution in [0.3, 0.4) is 0 Å². The average molecular weight is 655 g/mol. The van der Waals surface area contributed by atoms with Crippen LogP contribution in [-0.2, 0) is 16.5 Å². The molecule has 0 N–H and O–H groups in total. The highest BCUT2D eigenvalue weighted by molar-refractivity contribution is 6.76. The first-order chi connectivity index (χ1) is 21.7. The van der Waals surface area contributed by atoms with Crippen LogP contribution in [0.1, 0.15) is 40.0 Å². The number of anilines is 1. The molecule has 2 fully saturated rings. The van der Waals surface area contributed by atoms with E-state index in [4.69, 9.17) is 18.9 Å². The summed E-state index contributed by atoms with van der Waals surface area (Å²) >= 11 is 0. The van der Waals surface area contributed by atoms with Gasteiger partial charge in [0.2, 0.25) is 0 Å². The molecule has 0 unspecified atom stereocenters. The van der Waals surface area contributed by atoms with Crippen molar-refractivity contribution in [2.75, 3.05) is 25.3 Å². The molecule has 1 aromatic carbocycles. The van der Waals surface area contributed by atoms with E-state index in [0.29, 0.717) is 48.5 Å². The van der Waals surface area contributed by atoms with Crippen molar-refractivity contribution in [3.05, 3.63) is 42.7 Å². The van der Waals surface area contributed by atoms with Gasteiger partial charge in [0.1, 0.15) is 23.3 Å². The van der Waals surface area contributed by atoms with Crippen LogP contribution in [0.15, 0.2) is 42.7 Å². The topological polar surface area (TPSA) is 104 Å². The molecule has 2 bridgehead atoms. The maximum absolute atomic E-state index is 16.0. The Morgan fingerprint density at radius 1 is 1.13 bits per heavy atom. The number of amides is 1. The minimum absolute atomic E-state index is 0.0781. The van der Waals surface area contributed by atoms with Gasteiger partial charge >= 0.3 is 12.1 Å². The van der Waals surface area contributed by atoms with E-state index >= 15 is 4.39 Å². The van der Waals surface area contributed by atoms with E-state index in [1.54, 1.807) is 21.7 Å². The maximum atomic E-state index is 16.0. The minimum Gasteiger partial charge on any atom is -0.467 e. The van der Waals surface area contributed by atoms with Crippen LogP contribution in [-0.4, -0.2) is 89.2 Å². The molecule has 11 nitrogen and oxygen atoms in total. The molecule has 46 heavy (non-hydrogen) atoms. The van der Waals surface area contributed by atoms with E-state index in [1.807, 2.05) is 70.2 Å². The van der Waals surface area contributed by atoms with Crippen LogP contribution in [0.4, 0.5) is 15.0 Å². The van der Waals surface area contributed by atoms with Crippen LogP contribution in [0, 0.1) is 0 Å². The van der Waals surface area contributed by atoms with Gasteiger partial charge in [0.05, 0.1) is 17.8 Å². The molecule has 0 spiro atoms. The predicted molar refractivity (Wildman–Crippen MR) is 177 cm³/mol. The third-order valence-electron chi connectivity index (χ3n) is 8.42. The third-order valence-corrected chi connectivity index (χ3v) is 10.1. The predicted octanol–water partition coefficient (Wildman–Crippen LogP) is 6.68. The number of aromatic nitrogens is 4. The molecular formula is C33H47FN6O5Si. The summed E-state index contributed by atoms with van der Waals surface area (Å²) in [6.45, 7) is 13.1. The summed E-state index contributed by atoms with van der Waals surface area (Å²) in [5.41, 5.74) is 0.676. The molecule has 2 saturated heterocycles. The zero-order valence-corrected chi connectivity index (χ0v) is 29.2. The molecule has 250 valence electrons. The van der Waals surface area contributed by atoms with Crippen molar-refractivity contribution >= 4 is 20.0 Å². The Morgan fingerprint density at radius 2 is 1.91 bits per heavy atom. The average Bonchev–Trinajstić information content (AvgIpc) is 3.55. The van der Waals surface area contributed by atoms with Gasteiger partial charge < -0.3 is 28.4 Å². The van der Waals surface area contributed by atoms with Crippen molar-refractivity contribution in [2.45, 2.75) is 95.6 Å². The Morgan fingerprint density at radius 3 is 2.57 bits per heavy atom. The van der Waals surface area contributed by atoms with Crippen LogP contribution in [0.2, 0.25) is 25.7 Å². The molecule has 0 radical (unpaired) electrons. The quantitative estimate of drug-likeness (QED) is 0.127. The fraction of sp³-hybridized carbons (Fsp3) is 0.576. The summed E-state index contributed by atoms with van der Waals surface area (Å²) in [6, 6.07) is 9.62. The second-order valence-corrected chi connectivity index (χ2v) is 20.0. The van der Waals surface area contributed by atoms with Crippen molar-refractivity contribution in [1.29, 1.82) is 0 Å². The van der Waals surface area contributed by atoms with Gasteiger partial charge in [-0.1, -0.05) is 19.6 Å². The number of nitrogens with zero attached hydrogens (tertiary/aromatic N) is 6. The van der Waals surface area contributed by atoms with Gasteiger partial charge in [0, 0.05) is 58.8 Å². The number of benzene rings is 1.